The summed E-state index contributed by atoms with van der Waals surface area (Å²) in [6.07, 6.45) is 8.35. The highest BCUT2D eigenvalue weighted by molar-refractivity contribution is 5.33. The Morgan fingerprint density at radius 1 is 0.950 bits per heavy atom. The van der Waals surface area contributed by atoms with Crippen molar-refractivity contribution in [3.63, 3.8) is 0 Å². The monoisotopic (exact) mass is 274 g/mol. The maximum atomic E-state index is 10.4. The molecular formula is C16H22N2O2. The van der Waals surface area contributed by atoms with Gasteiger partial charge in [0.15, 0.2) is 0 Å². The molecule has 0 aliphatic heterocycles. The first-order chi connectivity index (χ1) is 9.76. The third kappa shape index (κ3) is 2.17. The number of hydrogen-bond acceptors (Lipinski definition) is 4. The molecule has 4 nitrogen and oxygen atoms in total. The van der Waals surface area contributed by atoms with Crippen molar-refractivity contribution < 1.29 is 9.59 Å². The molecule has 0 amide bonds. The lowest BCUT2D eigenvalue weighted by Gasteiger charge is -2.46. The zero-order chi connectivity index (χ0) is 14.1. The second-order valence-corrected chi connectivity index (χ2v) is 6.99. The Bertz CT molecular complexity index is 465. The van der Waals surface area contributed by atoms with Gasteiger partial charge in [0.25, 0.3) is 0 Å². The molecule has 7 unspecified atom stereocenters. The first-order valence-corrected chi connectivity index (χ1v) is 7.83. The minimum atomic E-state index is 0.538. The molecule has 7 atom stereocenters. The van der Waals surface area contributed by atoms with Crippen LogP contribution in [0.15, 0.2) is 9.98 Å². The van der Waals surface area contributed by atoms with Crippen LogP contribution in [0.2, 0.25) is 0 Å². The molecule has 0 aromatic rings. The van der Waals surface area contributed by atoms with E-state index in [0.29, 0.717) is 36.8 Å². The number of fused-ring (bicyclic) bond motifs is 5. The standard InChI is InChI=1S/C16H22N2O2/c1-10-2-3-11(6-17-8-19)16-14-5-12(15(10)16)4-13(14)7-18-9-20/h10-16H,2-7H2,1H3. The Kier molecular flexibility index (Phi) is 3.87. The van der Waals surface area contributed by atoms with Gasteiger partial charge in [0.1, 0.15) is 0 Å². The molecule has 0 saturated heterocycles. The molecule has 0 aromatic heterocycles. The first kappa shape index (κ1) is 13.7. The van der Waals surface area contributed by atoms with Gasteiger partial charge >= 0.3 is 0 Å². The largest absolute Gasteiger partial charge is 0.234 e. The van der Waals surface area contributed by atoms with Gasteiger partial charge in [-0.1, -0.05) is 13.3 Å². The average Bonchev–Trinajstić information content (AvgIpc) is 3.03. The van der Waals surface area contributed by atoms with Gasteiger partial charge in [-0.2, -0.15) is 0 Å². The second kappa shape index (κ2) is 5.63. The molecule has 0 spiro atoms. The summed E-state index contributed by atoms with van der Waals surface area (Å²) in [6.45, 7) is 3.67. The van der Waals surface area contributed by atoms with Gasteiger partial charge in [-0.3, -0.25) is 0 Å². The van der Waals surface area contributed by atoms with Crippen molar-refractivity contribution in [2.75, 3.05) is 13.1 Å². The fourth-order valence-corrected chi connectivity index (χ4v) is 5.69. The summed E-state index contributed by atoms with van der Waals surface area (Å²) in [7, 11) is 0. The van der Waals surface area contributed by atoms with Crippen LogP contribution in [-0.4, -0.2) is 25.2 Å². The van der Waals surface area contributed by atoms with E-state index in [1.165, 1.54) is 25.7 Å². The Labute approximate surface area is 119 Å². The van der Waals surface area contributed by atoms with Crippen LogP contribution in [0.25, 0.3) is 0 Å². The van der Waals surface area contributed by atoms with Gasteiger partial charge < -0.3 is 0 Å². The van der Waals surface area contributed by atoms with Crippen LogP contribution in [0.1, 0.15) is 32.6 Å². The molecule has 3 saturated carbocycles. The van der Waals surface area contributed by atoms with Crippen LogP contribution in [-0.2, 0) is 9.59 Å². The van der Waals surface area contributed by atoms with Crippen molar-refractivity contribution in [3.05, 3.63) is 0 Å². The van der Waals surface area contributed by atoms with Gasteiger partial charge in [-0.05, 0) is 60.7 Å². The van der Waals surface area contributed by atoms with Gasteiger partial charge in [0, 0.05) is 0 Å². The lowest BCUT2D eigenvalue weighted by molar-refractivity contribution is 0.0299. The minimum Gasteiger partial charge on any atom is -0.211 e. The van der Waals surface area contributed by atoms with E-state index in [-0.39, 0.29) is 0 Å². The van der Waals surface area contributed by atoms with E-state index in [1.807, 2.05) is 0 Å². The number of nitrogens with zero attached hydrogens (tertiary/aromatic N) is 2. The predicted molar refractivity (Wildman–Crippen MR) is 74.5 cm³/mol. The van der Waals surface area contributed by atoms with E-state index in [4.69, 9.17) is 0 Å². The molecule has 3 fully saturated rings. The maximum Gasteiger partial charge on any atom is 0.234 e. The summed E-state index contributed by atoms with van der Waals surface area (Å²) in [4.78, 5) is 28.5. The van der Waals surface area contributed by atoms with Crippen LogP contribution in [0, 0.1) is 41.4 Å². The molecule has 3 aliphatic rings. The number of rotatable bonds is 4. The Hall–Kier alpha value is -1.24. The fraction of sp³-hybridized carbons (Fsp3) is 0.875. The molecule has 4 heteroatoms. The van der Waals surface area contributed by atoms with Crippen LogP contribution < -0.4 is 0 Å². The van der Waals surface area contributed by atoms with E-state index in [1.54, 1.807) is 12.2 Å². The molecule has 0 aromatic carbocycles. The molecule has 0 N–H and O–H groups in total. The molecule has 0 heterocycles. The number of hydrogen-bond donors (Lipinski definition) is 0. The maximum absolute atomic E-state index is 10.4. The van der Waals surface area contributed by atoms with Crippen LogP contribution >= 0.6 is 0 Å². The number of isocyanates is 2. The van der Waals surface area contributed by atoms with Crippen molar-refractivity contribution >= 4 is 12.2 Å². The van der Waals surface area contributed by atoms with Gasteiger partial charge in [-0.25, -0.2) is 19.6 Å². The Balaban J connectivity index is 1.79. The zero-order valence-corrected chi connectivity index (χ0v) is 12.0. The van der Waals surface area contributed by atoms with Crippen molar-refractivity contribution in [1.29, 1.82) is 0 Å². The number of carbonyl (C=O) groups excluding carboxylic acids is 2. The topological polar surface area (TPSA) is 58.9 Å². The fourth-order valence-electron chi connectivity index (χ4n) is 5.69. The summed E-state index contributed by atoms with van der Waals surface area (Å²) < 4.78 is 0. The molecular weight excluding hydrogens is 252 g/mol. The second-order valence-electron chi connectivity index (χ2n) is 6.99. The van der Waals surface area contributed by atoms with Crippen LogP contribution in [0.3, 0.4) is 0 Å². The SMILES string of the molecule is CC1CCC(CN=C=O)C2C3CC(CC3CN=C=O)C12. The first-order valence-electron chi connectivity index (χ1n) is 7.83. The quantitative estimate of drug-likeness (QED) is 0.584. The summed E-state index contributed by atoms with van der Waals surface area (Å²) in [5.74, 6) is 4.85. The van der Waals surface area contributed by atoms with E-state index in [0.717, 1.165) is 17.8 Å². The highest BCUT2D eigenvalue weighted by Gasteiger charge is 2.57. The van der Waals surface area contributed by atoms with Crippen molar-refractivity contribution in [2.45, 2.75) is 32.6 Å². The molecule has 20 heavy (non-hydrogen) atoms. The Morgan fingerprint density at radius 2 is 1.65 bits per heavy atom. The predicted octanol–water partition coefficient (Wildman–Crippen LogP) is 2.59. The van der Waals surface area contributed by atoms with E-state index in [9.17, 15) is 9.59 Å². The van der Waals surface area contributed by atoms with Crippen LogP contribution in [0.5, 0.6) is 0 Å². The van der Waals surface area contributed by atoms with E-state index >= 15 is 0 Å². The van der Waals surface area contributed by atoms with Gasteiger partial charge in [-0.15, -0.1) is 0 Å². The summed E-state index contributed by atoms with van der Waals surface area (Å²) >= 11 is 0. The lowest BCUT2D eigenvalue weighted by Crippen LogP contribution is -2.42. The lowest BCUT2D eigenvalue weighted by atomic mass is 9.59. The summed E-state index contributed by atoms with van der Waals surface area (Å²) in [6, 6.07) is 0. The highest BCUT2D eigenvalue weighted by atomic mass is 16.1. The number of aliphatic imine (C=N–C) groups is 2. The zero-order valence-electron chi connectivity index (χ0n) is 12.0. The minimum absolute atomic E-state index is 0.538. The van der Waals surface area contributed by atoms with Gasteiger partial charge in [0.2, 0.25) is 12.2 Å². The highest BCUT2D eigenvalue weighted by Crippen LogP contribution is 2.62. The Morgan fingerprint density at radius 3 is 2.35 bits per heavy atom. The molecule has 0 radical (unpaired) electrons. The van der Waals surface area contributed by atoms with E-state index in [2.05, 4.69) is 16.9 Å². The van der Waals surface area contributed by atoms with Crippen molar-refractivity contribution in [1.82, 2.24) is 0 Å². The normalized spacial score (nSPS) is 45.4. The molecule has 3 rings (SSSR count). The third-order valence-electron chi connectivity index (χ3n) is 6.24. The third-order valence-corrected chi connectivity index (χ3v) is 6.24. The molecule has 3 aliphatic carbocycles. The molecule has 108 valence electrons. The van der Waals surface area contributed by atoms with Crippen molar-refractivity contribution in [3.8, 4) is 0 Å². The summed E-state index contributed by atoms with van der Waals surface area (Å²) in [5, 5.41) is 0. The van der Waals surface area contributed by atoms with Crippen molar-refractivity contribution in [2.24, 2.45) is 51.4 Å². The average molecular weight is 274 g/mol. The van der Waals surface area contributed by atoms with Crippen LogP contribution in [0.4, 0.5) is 0 Å². The van der Waals surface area contributed by atoms with E-state index < -0.39 is 0 Å². The van der Waals surface area contributed by atoms with Gasteiger partial charge in [0.05, 0.1) is 13.1 Å². The summed E-state index contributed by atoms with van der Waals surface area (Å²) in [5.41, 5.74) is 0. The molecule has 2 bridgehead atoms. The smallest absolute Gasteiger partial charge is 0.211 e.